The minimum absolute atomic E-state index is 0.0707. The van der Waals surface area contributed by atoms with Crippen LogP contribution < -0.4 is 4.74 Å². The molecular weight excluding hydrogens is 284 g/mol. The van der Waals surface area contributed by atoms with Gasteiger partial charge in [0.25, 0.3) is 5.91 Å². The van der Waals surface area contributed by atoms with Gasteiger partial charge in [-0.2, -0.15) is 0 Å². The van der Waals surface area contributed by atoms with Gasteiger partial charge in [-0.1, -0.05) is 11.3 Å². The smallest absolute Gasteiger partial charge is 0.276 e. The number of hydrogen-bond acceptors (Lipinski definition) is 5. The lowest BCUT2D eigenvalue weighted by atomic mass is 9.91. The fourth-order valence-corrected chi connectivity index (χ4v) is 3.04. The van der Waals surface area contributed by atoms with E-state index in [-0.39, 0.29) is 18.0 Å². The second-order valence-electron chi connectivity index (χ2n) is 5.54. The number of ether oxygens (including phenoxy) is 2. The predicted molar refractivity (Wildman–Crippen MR) is 77.1 cm³/mol. The van der Waals surface area contributed by atoms with Gasteiger partial charge in [-0.15, -0.1) is 5.10 Å². The highest BCUT2D eigenvalue weighted by atomic mass is 16.5. The maximum atomic E-state index is 12.5. The van der Waals surface area contributed by atoms with Crippen molar-refractivity contribution in [2.75, 3.05) is 20.3 Å². The van der Waals surface area contributed by atoms with E-state index in [1.165, 1.54) is 0 Å². The van der Waals surface area contributed by atoms with E-state index in [1.807, 2.05) is 29.2 Å². The molecule has 7 nitrogen and oxygen atoms in total. The normalized spacial score (nSPS) is 23.0. The molecule has 0 N–H and O–H groups in total. The third-order valence-electron chi connectivity index (χ3n) is 4.22. The van der Waals surface area contributed by atoms with Gasteiger partial charge in [-0.05, 0) is 18.6 Å². The summed E-state index contributed by atoms with van der Waals surface area (Å²) in [6.45, 7) is 1.23. The Morgan fingerprint density at radius 3 is 2.91 bits per heavy atom. The van der Waals surface area contributed by atoms with Gasteiger partial charge in [-0.3, -0.25) is 4.79 Å². The molecule has 2 saturated heterocycles. The van der Waals surface area contributed by atoms with E-state index >= 15 is 0 Å². The van der Waals surface area contributed by atoms with E-state index in [4.69, 9.17) is 9.47 Å². The van der Waals surface area contributed by atoms with Crippen molar-refractivity contribution in [2.45, 2.75) is 18.5 Å². The Morgan fingerprint density at radius 2 is 2.18 bits per heavy atom. The van der Waals surface area contributed by atoms with Crippen molar-refractivity contribution < 1.29 is 14.3 Å². The molecular formula is C15H16N4O3. The lowest BCUT2D eigenvalue weighted by Crippen LogP contribution is -2.65. The van der Waals surface area contributed by atoms with Crippen molar-refractivity contribution in [3.05, 3.63) is 36.2 Å². The number of aromatic nitrogens is 3. The van der Waals surface area contributed by atoms with Gasteiger partial charge in [0, 0.05) is 6.07 Å². The molecule has 3 heterocycles. The Hall–Kier alpha value is -2.41. The van der Waals surface area contributed by atoms with Crippen molar-refractivity contribution in [3.63, 3.8) is 0 Å². The third kappa shape index (κ3) is 2.05. The Kier molecular flexibility index (Phi) is 3.07. The molecule has 1 amide bonds. The third-order valence-corrected chi connectivity index (χ3v) is 4.22. The fourth-order valence-electron chi connectivity index (χ4n) is 3.04. The van der Waals surface area contributed by atoms with Crippen molar-refractivity contribution >= 4 is 5.91 Å². The number of hydrogen-bond donors (Lipinski definition) is 0. The Balaban J connectivity index is 1.57. The zero-order valence-electron chi connectivity index (χ0n) is 12.2. The van der Waals surface area contributed by atoms with E-state index in [9.17, 15) is 4.79 Å². The van der Waals surface area contributed by atoms with Crippen molar-refractivity contribution in [3.8, 4) is 11.4 Å². The summed E-state index contributed by atoms with van der Waals surface area (Å²) >= 11 is 0. The summed E-state index contributed by atoms with van der Waals surface area (Å²) in [5, 5.41) is 8.07. The predicted octanol–water partition coefficient (Wildman–Crippen LogP) is 0.889. The monoisotopic (exact) mass is 300 g/mol. The molecule has 2 aliphatic rings. The second-order valence-corrected chi connectivity index (χ2v) is 5.54. The minimum atomic E-state index is -0.0707. The maximum absolute atomic E-state index is 12.5. The summed E-state index contributed by atoms with van der Waals surface area (Å²) in [5.41, 5.74) is 1.16. The minimum Gasteiger partial charge on any atom is -0.497 e. The van der Waals surface area contributed by atoms with Crippen LogP contribution in [0, 0.1) is 0 Å². The Labute approximate surface area is 127 Å². The van der Waals surface area contributed by atoms with Gasteiger partial charge in [0.2, 0.25) is 0 Å². The molecule has 1 aromatic carbocycles. The standard InChI is InChI=1S/C15H16N4O3/c1-21-13-4-2-3-10(6-13)18-7-14(16-17-18)15(20)19-11-5-12(19)9-22-8-11/h2-4,6-7,11-12H,5,8-9H2,1H3/t11-,12-/m1/s1. The molecule has 0 spiro atoms. The molecule has 114 valence electrons. The van der Waals surface area contributed by atoms with Crippen LogP contribution in [0.2, 0.25) is 0 Å². The summed E-state index contributed by atoms with van der Waals surface area (Å²) in [6, 6.07) is 7.83. The highest BCUT2D eigenvalue weighted by Crippen LogP contribution is 2.32. The van der Waals surface area contributed by atoms with Crippen LogP contribution in [0.15, 0.2) is 30.5 Å². The molecule has 2 atom stereocenters. The molecule has 22 heavy (non-hydrogen) atoms. The van der Waals surface area contributed by atoms with Crippen LogP contribution in [0.5, 0.6) is 5.75 Å². The van der Waals surface area contributed by atoms with Crippen LogP contribution in [0.1, 0.15) is 16.9 Å². The molecule has 4 rings (SSSR count). The van der Waals surface area contributed by atoms with Crippen LogP contribution in [0.25, 0.3) is 5.69 Å². The molecule has 0 radical (unpaired) electrons. The first-order valence-corrected chi connectivity index (χ1v) is 7.23. The van der Waals surface area contributed by atoms with Crippen molar-refractivity contribution in [2.24, 2.45) is 0 Å². The van der Waals surface area contributed by atoms with Crippen LogP contribution in [-0.2, 0) is 4.74 Å². The average molecular weight is 300 g/mol. The van der Waals surface area contributed by atoms with Gasteiger partial charge in [0.1, 0.15) is 5.75 Å². The number of benzene rings is 1. The topological polar surface area (TPSA) is 69.5 Å². The number of nitrogens with zero attached hydrogens (tertiary/aromatic N) is 4. The average Bonchev–Trinajstić information content (AvgIpc) is 3.05. The van der Waals surface area contributed by atoms with E-state index < -0.39 is 0 Å². The van der Waals surface area contributed by atoms with Gasteiger partial charge < -0.3 is 14.4 Å². The summed E-state index contributed by atoms with van der Waals surface area (Å²) in [6.07, 6.45) is 2.68. The number of amides is 1. The lowest BCUT2D eigenvalue weighted by Gasteiger charge is -2.51. The van der Waals surface area contributed by atoms with E-state index in [0.29, 0.717) is 18.9 Å². The number of carbonyl (C=O) groups is 1. The highest BCUT2D eigenvalue weighted by Gasteiger charge is 2.46. The zero-order valence-corrected chi connectivity index (χ0v) is 12.2. The van der Waals surface area contributed by atoms with Gasteiger partial charge in [0.05, 0.1) is 44.3 Å². The number of fused-ring (bicyclic) bond motifs is 2. The quantitative estimate of drug-likeness (QED) is 0.842. The Bertz CT molecular complexity index is 700. The molecule has 0 saturated carbocycles. The SMILES string of the molecule is COc1cccc(-n2cc(C(=O)N3[C@H]4COC[C@H]3C4)nn2)c1. The van der Waals surface area contributed by atoms with Gasteiger partial charge >= 0.3 is 0 Å². The molecule has 1 aromatic heterocycles. The van der Waals surface area contributed by atoms with E-state index in [1.54, 1.807) is 18.0 Å². The van der Waals surface area contributed by atoms with E-state index in [0.717, 1.165) is 17.9 Å². The molecule has 2 fully saturated rings. The number of carbonyl (C=O) groups excluding carboxylic acids is 1. The van der Waals surface area contributed by atoms with Crippen molar-refractivity contribution in [1.29, 1.82) is 0 Å². The van der Waals surface area contributed by atoms with Crippen LogP contribution in [0.3, 0.4) is 0 Å². The summed E-state index contributed by atoms with van der Waals surface area (Å²) < 4.78 is 12.2. The van der Waals surface area contributed by atoms with Crippen LogP contribution >= 0.6 is 0 Å². The van der Waals surface area contributed by atoms with Crippen LogP contribution in [0.4, 0.5) is 0 Å². The highest BCUT2D eigenvalue weighted by molar-refractivity contribution is 5.93. The molecule has 2 bridgehead atoms. The van der Waals surface area contributed by atoms with Gasteiger partial charge in [0.15, 0.2) is 5.69 Å². The first-order chi connectivity index (χ1) is 10.8. The van der Waals surface area contributed by atoms with Gasteiger partial charge in [-0.25, -0.2) is 4.68 Å². The lowest BCUT2D eigenvalue weighted by molar-refractivity contribution is -0.104. The first kappa shape index (κ1) is 13.3. The van der Waals surface area contributed by atoms with Crippen LogP contribution in [-0.4, -0.2) is 58.2 Å². The second kappa shape index (κ2) is 5.10. The van der Waals surface area contributed by atoms with E-state index in [2.05, 4.69) is 10.3 Å². The first-order valence-electron chi connectivity index (χ1n) is 7.23. The Morgan fingerprint density at radius 1 is 1.36 bits per heavy atom. The number of rotatable bonds is 3. The number of methoxy groups -OCH3 is 1. The summed E-state index contributed by atoms with van der Waals surface area (Å²) in [4.78, 5) is 14.4. The molecule has 0 aliphatic carbocycles. The zero-order chi connectivity index (χ0) is 15.1. The maximum Gasteiger partial charge on any atom is 0.276 e. The largest absolute Gasteiger partial charge is 0.497 e. The molecule has 2 aliphatic heterocycles. The summed E-state index contributed by atoms with van der Waals surface area (Å²) in [7, 11) is 1.61. The van der Waals surface area contributed by atoms with Crippen molar-refractivity contribution in [1.82, 2.24) is 19.9 Å². The molecule has 0 unspecified atom stereocenters. The summed E-state index contributed by atoms with van der Waals surface area (Å²) in [5.74, 6) is 0.661. The molecule has 2 aromatic rings. The number of morpholine rings is 1. The fraction of sp³-hybridized carbons (Fsp3) is 0.400. The molecule has 7 heteroatoms.